The van der Waals surface area contributed by atoms with E-state index in [9.17, 15) is 14.4 Å². The fourth-order valence-electron chi connectivity index (χ4n) is 1.68. The van der Waals surface area contributed by atoms with Gasteiger partial charge in [0.05, 0.1) is 0 Å². The second-order valence-corrected chi connectivity index (χ2v) is 5.63. The molecule has 0 saturated heterocycles. The fraction of sp³-hybridized carbons (Fsp3) is 0.538. The average molecular weight is 312 g/mol. The number of nitrogens with two attached hydrogens (primary N) is 1. The normalized spacial score (nSPS) is 12.5. The molecule has 0 saturated carbocycles. The summed E-state index contributed by atoms with van der Waals surface area (Å²) in [4.78, 5) is 34.0. The average Bonchev–Trinajstić information content (AvgIpc) is 2.80. The van der Waals surface area contributed by atoms with Gasteiger partial charge in [0, 0.05) is 12.7 Å². The minimum atomic E-state index is -1.21. The van der Waals surface area contributed by atoms with E-state index in [4.69, 9.17) is 15.6 Å². The fourth-order valence-corrected chi connectivity index (χ4v) is 1.68. The predicted molar refractivity (Wildman–Crippen MR) is 76.2 cm³/mol. The summed E-state index contributed by atoms with van der Waals surface area (Å²) in [5.41, 5.74) is 4.61. The Labute approximate surface area is 127 Å². The highest BCUT2D eigenvalue weighted by Crippen LogP contribution is 2.08. The number of aromatic nitrogens is 2. The van der Waals surface area contributed by atoms with E-state index >= 15 is 0 Å². The lowest BCUT2D eigenvalue weighted by Gasteiger charge is -2.22. The number of nitrogens with zero attached hydrogens (tertiary/aromatic N) is 2. The van der Waals surface area contributed by atoms with Crippen LogP contribution in [0.4, 0.5) is 4.79 Å². The minimum absolute atomic E-state index is 0.0243. The summed E-state index contributed by atoms with van der Waals surface area (Å²) in [5.74, 6) is -1.87. The van der Waals surface area contributed by atoms with Crippen LogP contribution in [0.1, 0.15) is 37.7 Å². The molecule has 0 fully saturated rings. The Kier molecular flexibility index (Phi) is 5.50. The molecule has 1 aromatic rings. The van der Waals surface area contributed by atoms with Crippen molar-refractivity contribution in [1.29, 1.82) is 0 Å². The van der Waals surface area contributed by atoms with Crippen molar-refractivity contribution < 1.29 is 24.2 Å². The van der Waals surface area contributed by atoms with Crippen molar-refractivity contribution in [1.82, 2.24) is 15.1 Å². The van der Waals surface area contributed by atoms with E-state index in [0.29, 0.717) is 0 Å². The molecule has 9 heteroatoms. The molecule has 4 N–H and O–H groups in total. The van der Waals surface area contributed by atoms with Crippen LogP contribution in [0.5, 0.6) is 0 Å². The summed E-state index contributed by atoms with van der Waals surface area (Å²) < 4.78 is 6.29. The van der Waals surface area contributed by atoms with Crippen molar-refractivity contribution in [3.63, 3.8) is 0 Å². The second kappa shape index (κ2) is 6.92. The first kappa shape index (κ1) is 17.5. The number of amides is 2. The molecule has 2 amide bonds. The second-order valence-electron chi connectivity index (χ2n) is 5.63. The quantitative estimate of drug-likeness (QED) is 0.693. The largest absolute Gasteiger partial charge is 0.480 e. The van der Waals surface area contributed by atoms with Crippen LogP contribution in [0.25, 0.3) is 0 Å². The third kappa shape index (κ3) is 5.43. The zero-order chi connectivity index (χ0) is 16.9. The Bertz CT molecular complexity index is 561. The van der Waals surface area contributed by atoms with Gasteiger partial charge in [0.15, 0.2) is 0 Å². The van der Waals surface area contributed by atoms with Crippen molar-refractivity contribution in [2.45, 2.75) is 45.4 Å². The zero-order valence-corrected chi connectivity index (χ0v) is 12.7. The van der Waals surface area contributed by atoms with Crippen molar-refractivity contribution in [2.24, 2.45) is 5.73 Å². The van der Waals surface area contributed by atoms with Crippen LogP contribution in [-0.4, -0.2) is 44.5 Å². The summed E-state index contributed by atoms with van der Waals surface area (Å²) in [6.07, 6.45) is 0.587. The first-order chi connectivity index (χ1) is 10.1. The number of ether oxygens (including phenoxy) is 1. The number of primary amides is 1. The number of carboxylic acids is 1. The summed E-state index contributed by atoms with van der Waals surface area (Å²) in [7, 11) is 0. The van der Waals surface area contributed by atoms with Crippen LogP contribution in [0, 0.1) is 0 Å². The van der Waals surface area contributed by atoms with Crippen LogP contribution in [-0.2, 0) is 16.1 Å². The smallest absolute Gasteiger partial charge is 0.408 e. The molecule has 1 rings (SSSR count). The lowest BCUT2D eigenvalue weighted by atomic mass is 10.2. The van der Waals surface area contributed by atoms with Crippen LogP contribution in [0.3, 0.4) is 0 Å². The first-order valence-corrected chi connectivity index (χ1v) is 6.64. The van der Waals surface area contributed by atoms with E-state index < -0.39 is 29.6 Å². The maximum absolute atomic E-state index is 11.6. The van der Waals surface area contributed by atoms with Gasteiger partial charge in [-0.15, -0.1) is 0 Å². The molecule has 9 nitrogen and oxygen atoms in total. The molecule has 22 heavy (non-hydrogen) atoms. The van der Waals surface area contributed by atoms with E-state index in [1.807, 2.05) is 0 Å². The zero-order valence-electron chi connectivity index (χ0n) is 12.7. The van der Waals surface area contributed by atoms with Crippen molar-refractivity contribution in [3.8, 4) is 0 Å². The lowest BCUT2D eigenvalue weighted by Crippen LogP contribution is -2.44. The lowest BCUT2D eigenvalue weighted by molar-refractivity contribution is -0.139. The van der Waals surface area contributed by atoms with E-state index in [2.05, 4.69) is 10.4 Å². The van der Waals surface area contributed by atoms with Gasteiger partial charge in [-0.05, 0) is 33.3 Å². The first-order valence-electron chi connectivity index (χ1n) is 6.64. The van der Waals surface area contributed by atoms with Gasteiger partial charge in [0.25, 0.3) is 5.91 Å². The summed E-state index contributed by atoms with van der Waals surface area (Å²) in [6.45, 7) is 5.12. The van der Waals surface area contributed by atoms with Crippen molar-refractivity contribution >= 4 is 18.0 Å². The van der Waals surface area contributed by atoms with Crippen LogP contribution in [0.15, 0.2) is 12.3 Å². The number of aryl methyl sites for hydroxylation is 1. The van der Waals surface area contributed by atoms with Gasteiger partial charge in [-0.1, -0.05) is 0 Å². The Morgan fingerprint density at radius 2 is 2.09 bits per heavy atom. The Morgan fingerprint density at radius 1 is 1.45 bits per heavy atom. The molecule has 122 valence electrons. The number of nitrogens with one attached hydrogen (secondary N) is 1. The third-order valence-corrected chi connectivity index (χ3v) is 2.59. The minimum Gasteiger partial charge on any atom is -0.480 e. The van der Waals surface area contributed by atoms with Gasteiger partial charge in [-0.25, -0.2) is 9.59 Å². The van der Waals surface area contributed by atoms with E-state index in [1.54, 1.807) is 20.8 Å². The Balaban J connectivity index is 2.65. The Morgan fingerprint density at radius 3 is 2.59 bits per heavy atom. The number of carbonyl (C=O) groups excluding carboxylic acids is 2. The molecule has 0 radical (unpaired) electrons. The molecular weight excluding hydrogens is 292 g/mol. The van der Waals surface area contributed by atoms with Crippen LogP contribution < -0.4 is 11.1 Å². The highest BCUT2D eigenvalue weighted by atomic mass is 16.6. The molecule has 0 aliphatic carbocycles. The van der Waals surface area contributed by atoms with Gasteiger partial charge in [0.1, 0.15) is 17.3 Å². The van der Waals surface area contributed by atoms with E-state index in [1.165, 1.54) is 16.9 Å². The number of hydrogen-bond donors (Lipinski definition) is 3. The highest BCUT2D eigenvalue weighted by Gasteiger charge is 2.24. The molecule has 0 spiro atoms. The Hall–Kier alpha value is -2.58. The molecular formula is C13H20N4O5. The summed E-state index contributed by atoms with van der Waals surface area (Å²) >= 11 is 0. The number of carbonyl (C=O) groups is 3. The number of alkyl carbamates (subject to hydrolysis) is 1. The van der Waals surface area contributed by atoms with Gasteiger partial charge >= 0.3 is 12.1 Å². The van der Waals surface area contributed by atoms with Gasteiger partial charge in [-0.3, -0.25) is 9.48 Å². The maximum Gasteiger partial charge on any atom is 0.408 e. The number of hydrogen-bond acceptors (Lipinski definition) is 5. The van der Waals surface area contributed by atoms with E-state index in [0.717, 1.165) is 0 Å². The van der Waals surface area contributed by atoms with Crippen LogP contribution >= 0.6 is 0 Å². The van der Waals surface area contributed by atoms with Crippen LogP contribution in [0.2, 0.25) is 0 Å². The van der Waals surface area contributed by atoms with Gasteiger partial charge < -0.3 is 20.9 Å². The SMILES string of the molecule is CC(C)(C)OC(=O)NC(CCn1nccc1C(N)=O)C(=O)O. The summed E-state index contributed by atoms with van der Waals surface area (Å²) in [5, 5.41) is 15.3. The summed E-state index contributed by atoms with van der Waals surface area (Å²) in [6, 6.07) is 0.263. The topological polar surface area (TPSA) is 137 Å². The molecule has 0 aliphatic heterocycles. The van der Waals surface area contributed by atoms with E-state index in [-0.39, 0.29) is 18.7 Å². The molecule has 1 atom stereocenters. The van der Waals surface area contributed by atoms with Crippen molar-refractivity contribution in [3.05, 3.63) is 18.0 Å². The van der Waals surface area contributed by atoms with Crippen molar-refractivity contribution in [2.75, 3.05) is 0 Å². The third-order valence-electron chi connectivity index (χ3n) is 2.59. The van der Waals surface area contributed by atoms with Gasteiger partial charge in [0.2, 0.25) is 0 Å². The molecule has 1 unspecified atom stereocenters. The van der Waals surface area contributed by atoms with Gasteiger partial charge in [-0.2, -0.15) is 5.10 Å². The molecule has 0 aromatic carbocycles. The standard InChI is InChI=1S/C13H20N4O5/c1-13(2,3)22-12(21)16-8(11(19)20)5-7-17-9(10(14)18)4-6-15-17/h4,6,8H,5,7H2,1-3H3,(H2,14,18)(H,16,21)(H,19,20). The number of carboxylic acid groups (broad SMARTS) is 1. The number of aliphatic carboxylic acids is 1. The number of rotatable bonds is 6. The highest BCUT2D eigenvalue weighted by molar-refractivity contribution is 5.90. The predicted octanol–water partition coefficient (Wildman–Crippen LogP) is 0.350. The molecule has 1 heterocycles. The molecule has 0 bridgehead atoms. The molecule has 0 aliphatic rings. The monoisotopic (exact) mass is 312 g/mol. The molecule has 1 aromatic heterocycles. The maximum atomic E-state index is 11.6.